The lowest BCUT2D eigenvalue weighted by Gasteiger charge is -1.96. The number of phenols is 1. The maximum atomic E-state index is 9.43. The Morgan fingerprint density at radius 2 is 2.22 bits per heavy atom. The van der Waals surface area contributed by atoms with E-state index in [0.717, 1.165) is 34.4 Å². The van der Waals surface area contributed by atoms with Crippen LogP contribution in [-0.4, -0.2) is 26.6 Å². The lowest BCUT2D eigenvalue weighted by atomic mass is 10.1. The summed E-state index contributed by atoms with van der Waals surface area (Å²) in [5.74, 6) is 1.14. The van der Waals surface area contributed by atoms with Gasteiger partial charge in [0, 0.05) is 35.2 Å². The van der Waals surface area contributed by atoms with E-state index in [4.69, 9.17) is 5.73 Å². The molecule has 0 aliphatic rings. The average molecular weight is 242 g/mol. The van der Waals surface area contributed by atoms with Crippen LogP contribution in [0.5, 0.6) is 5.75 Å². The van der Waals surface area contributed by atoms with Crippen LogP contribution >= 0.6 is 0 Å². The van der Waals surface area contributed by atoms with E-state index in [1.165, 1.54) is 0 Å². The van der Waals surface area contributed by atoms with Crippen LogP contribution in [0.1, 0.15) is 5.82 Å². The van der Waals surface area contributed by atoms with Gasteiger partial charge in [-0.25, -0.2) is 4.98 Å². The Morgan fingerprint density at radius 3 is 3.06 bits per heavy atom. The molecule has 1 aromatic carbocycles. The first-order valence-corrected chi connectivity index (χ1v) is 5.82. The maximum Gasteiger partial charge on any atom is 0.117 e. The second-order valence-electron chi connectivity index (χ2n) is 4.21. The molecule has 0 unspecified atom stereocenters. The summed E-state index contributed by atoms with van der Waals surface area (Å²) in [5.41, 5.74) is 8.40. The van der Waals surface area contributed by atoms with Gasteiger partial charge < -0.3 is 20.8 Å². The van der Waals surface area contributed by atoms with Gasteiger partial charge >= 0.3 is 0 Å². The molecule has 5 nitrogen and oxygen atoms in total. The highest BCUT2D eigenvalue weighted by atomic mass is 16.3. The fourth-order valence-electron chi connectivity index (χ4n) is 2.10. The molecule has 0 saturated carbocycles. The summed E-state index contributed by atoms with van der Waals surface area (Å²) in [4.78, 5) is 10.7. The van der Waals surface area contributed by atoms with Gasteiger partial charge in [0.2, 0.25) is 0 Å². The highest BCUT2D eigenvalue weighted by molar-refractivity contribution is 5.95. The molecule has 0 aliphatic carbocycles. The quantitative estimate of drug-likeness (QED) is 0.564. The zero-order valence-corrected chi connectivity index (χ0v) is 9.77. The molecule has 0 atom stereocenters. The number of hydrogen-bond donors (Lipinski definition) is 4. The molecular weight excluding hydrogens is 228 g/mol. The summed E-state index contributed by atoms with van der Waals surface area (Å²) < 4.78 is 0. The van der Waals surface area contributed by atoms with Crippen molar-refractivity contribution in [2.45, 2.75) is 6.42 Å². The number of fused-ring (bicyclic) bond motifs is 1. The van der Waals surface area contributed by atoms with Crippen LogP contribution in [0.25, 0.3) is 22.2 Å². The summed E-state index contributed by atoms with van der Waals surface area (Å²) in [6, 6.07) is 5.27. The van der Waals surface area contributed by atoms with Gasteiger partial charge in [-0.15, -0.1) is 0 Å². The summed E-state index contributed by atoms with van der Waals surface area (Å²) in [6.07, 6.45) is 4.45. The van der Waals surface area contributed by atoms with Crippen LogP contribution in [0.2, 0.25) is 0 Å². The molecular formula is C13H14N4O. The Hall–Kier alpha value is -2.27. The molecule has 0 amide bonds. The predicted octanol–water partition coefficient (Wildman–Crippen LogP) is 1.76. The molecule has 0 fully saturated rings. The number of H-pyrrole nitrogens is 2. The molecule has 0 radical (unpaired) electrons. The van der Waals surface area contributed by atoms with E-state index in [1.807, 2.05) is 12.3 Å². The Labute approximate surface area is 104 Å². The van der Waals surface area contributed by atoms with Crippen molar-refractivity contribution in [1.29, 1.82) is 0 Å². The van der Waals surface area contributed by atoms with E-state index in [1.54, 1.807) is 18.3 Å². The molecule has 0 aliphatic heterocycles. The Kier molecular flexibility index (Phi) is 2.53. The first-order chi connectivity index (χ1) is 8.78. The molecule has 5 N–H and O–H groups in total. The number of nitrogens with two attached hydrogens (primary N) is 1. The summed E-state index contributed by atoms with van der Waals surface area (Å²) in [6.45, 7) is 0.578. The van der Waals surface area contributed by atoms with Gasteiger partial charge in [0.05, 0.1) is 11.9 Å². The summed E-state index contributed by atoms with van der Waals surface area (Å²) in [5, 5.41) is 10.5. The standard InChI is InChI=1S/C13H14N4O/c14-4-3-13-16-7-12(17-13)10-6-15-11-5-8(18)1-2-9(10)11/h1-2,5-7,15,18H,3-4,14H2,(H,16,17). The maximum absolute atomic E-state index is 9.43. The van der Waals surface area contributed by atoms with Crippen LogP contribution in [0.3, 0.4) is 0 Å². The largest absolute Gasteiger partial charge is 0.508 e. The van der Waals surface area contributed by atoms with Crippen molar-refractivity contribution in [1.82, 2.24) is 15.0 Å². The number of nitrogens with zero attached hydrogens (tertiary/aromatic N) is 1. The molecule has 0 bridgehead atoms. The molecule has 3 aromatic rings. The van der Waals surface area contributed by atoms with Crippen LogP contribution < -0.4 is 5.73 Å². The zero-order chi connectivity index (χ0) is 12.5. The first kappa shape index (κ1) is 10.9. The van der Waals surface area contributed by atoms with Crippen LogP contribution in [0.4, 0.5) is 0 Å². The minimum absolute atomic E-state index is 0.254. The van der Waals surface area contributed by atoms with Gasteiger partial charge in [0.25, 0.3) is 0 Å². The third kappa shape index (κ3) is 1.74. The number of rotatable bonds is 3. The third-order valence-corrected chi connectivity index (χ3v) is 2.97. The molecule has 18 heavy (non-hydrogen) atoms. The van der Waals surface area contributed by atoms with Crippen molar-refractivity contribution < 1.29 is 5.11 Å². The number of aromatic amines is 2. The normalized spacial score (nSPS) is 11.2. The number of aromatic hydroxyl groups is 1. The Bertz CT molecular complexity index is 683. The van der Waals surface area contributed by atoms with Gasteiger partial charge in [0.1, 0.15) is 11.6 Å². The number of aromatic nitrogens is 3. The molecule has 92 valence electrons. The first-order valence-electron chi connectivity index (χ1n) is 5.82. The van der Waals surface area contributed by atoms with Crippen molar-refractivity contribution in [2.24, 2.45) is 5.73 Å². The highest BCUT2D eigenvalue weighted by Gasteiger charge is 2.09. The SMILES string of the molecule is NCCc1ncc(-c2c[nH]c3cc(O)ccc23)[nH]1. The van der Waals surface area contributed by atoms with Crippen molar-refractivity contribution in [3.05, 3.63) is 36.4 Å². The van der Waals surface area contributed by atoms with Crippen molar-refractivity contribution in [3.8, 4) is 17.0 Å². The minimum Gasteiger partial charge on any atom is -0.508 e. The molecule has 0 saturated heterocycles. The van der Waals surface area contributed by atoms with Crippen molar-refractivity contribution in [2.75, 3.05) is 6.54 Å². The van der Waals surface area contributed by atoms with E-state index in [-0.39, 0.29) is 5.75 Å². The van der Waals surface area contributed by atoms with E-state index in [0.29, 0.717) is 6.54 Å². The van der Waals surface area contributed by atoms with Gasteiger partial charge in [-0.2, -0.15) is 0 Å². The molecule has 2 aromatic heterocycles. The topological polar surface area (TPSA) is 90.7 Å². The van der Waals surface area contributed by atoms with Crippen LogP contribution in [0.15, 0.2) is 30.6 Å². The monoisotopic (exact) mass is 242 g/mol. The van der Waals surface area contributed by atoms with E-state index >= 15 is 0 Å². The van der Waals surface area contributed by atoms with Gasteiger partial charge in [0.15, 0.2) is 0 Å². The fraction of sp³-hybridized carbons (Fsp3) is 0.154. The lowest BCUT2D eigenvalue weighted by molar-refractivity contribution is 0.476. The number of imidazole rings is 1. The minimum atomic E-state index is 0.254. The van der Waals surface area contributed by atoms with Crippen LogP contribution in [-0.2, 0) is 6.42 Å². The zero-order valence-electron chi connectivity index (χ0n) is 9.77. The third-order valence-electron chi connectivity index (χ3n) is 2.97. The van der Waals surface area contributed by atoms with Gasteiger partial charge in [-0.05, 0) is 18.7 Å². The Morgan fingerprint density at radius 1 is 1.33 bits per heavy atom. The molecule has 3 rings (SSSR count). The summed E-state index contributed by atoms with van der Waals surface area (Å²) in [7, 11) is 0. The fourth-order valence-corrected chi connectivity index (χ4v) is 2.10. The number of hydrogen-bond acceptors (Lipinski definition) is 3. The van der Waals surface area contributed by atoms with E-state index in [2.05, 4.69) is 15.0 Å². The van der Waals surface area contributed by atoms with Crippen molar-refractivity contribution in [3.63, 3.8) is 0 Å². The van der Waals surface area contributed by atoms with E-state index in [9.17, 15) is 5.11 Å². The Balaban J connectivity index is 2.07. The highest BCUT2D eigenvalue weighted by Crippen LogP contribution is 2.29. The molecule has 0 spiro atoms. The van der Waals surface area contributed by atoms with Gasteiger partial charge in [-0.3, -0.25) is 0 Å². The average Bonchev–Trinajstić information content (AvgIpc) is 2.95. The second-order valence-corrected chi connectivity index (χ2v) is 4.21. The number of benzene rings is 1. The number of nitrogens with one attached hydrogen (secondary N) is 2. The lowest BCUT2D eigenvalue weighted by Crippen LogP contribution is -2.03. The van der Waals surface area contributed by atoms with Crippen LogP contribution in [0, 0.1) is 0 Å². The molecule has 2 heterocycles. The molecule has 5 heteroatoms. The summed E-state index contributed by atoms with van der Waals surface area (Å²) >= 11 is 0. The van der Waals surface area contributed by atoms with E-state index < -0.39 is 0 Å². The smallest absolute Gasteiger partial charge is 0.117 e. The van der Waals surface area contributed by atoms with Crippen molar-refractivity contribution >= 4 is 10.9 Å². The van der Waals surface area contributed by atoms with Gasteiger partial charge in [-0.1, -0.05) is 0 Å². The second kappa shape index (κ2) is 4.19. The predicted molar refractivity (Wildman–Crippen MR) is 70.3 cm³/mol. The number of phenolic OH excluding ortho intramolecular Hbond substituents is 1.